The number of sulfonamides is 1. The minimum absolute atomic E-state index is 0.0261. The molecule has 0 fully saturated rings. The predicted molar refractivity (Wildman–Crippen MR) is 74.2 cm³/mol. The Morgan fingerprint density at radius 2 is 2.11 bits per heavy atom. The van der Waals surface area contributed by atoms with Crippen molar-refractivity contribution in [3.8, 4) is 0 Å². The number of rotatable bonds is 5. The minimum atomic E-state index is -3.76. The Hall–Kier alpha value is -1.44. The molecular weight excluding hydrogens is 266 g/mol. The van der Waals surface area contributed by atoms with Crippen molar-refractivity contribution in [3.63, 3.8) is 0 Å². The van der Waals surface area contributed by atoms with E-state index in [-0.39, 0.29) is 16.8 Å². The summed E-state index contributed by atoms with van der Waals surface area (Å²) in [5, 5.41) is 7.71. The third kappa shape index (κ3) is 4.30. The van der Waals surface area contributed by atoms with E-state index in [2.05, 4.69) is 5.32 Å². The van der Waals surface area contributed by atoms with Gasteiger partial charge < -0.3 is 5.32 Å². The molecule has 0 aliphatic carbocycles. The SMILES string of the molecule is CCN(C)[C@@H](C)C(=O)Nc1cccc(S(N)(=O)=O)c1. The number of hydrogen-bond acceptors (Lipinski definition) is 4. The van der Waals surface area contributed by atoms with Gasteiger partial charge in [-0.15, -0.1) is 0 Å². The summed E-state index contributed by atoms with van der Waals surface area (Å²) >= 11 is 0. The van der Waals surface area contributed by atoms with Crippen LogP contribution in [-0.4, -0.2) is 38.9 Å². The summed E-state index contributed by atoms with van der Waals surface area (Å²) < 4.78 is 22.4. The lowest BCUT2D eigenvalue weighted by atomic mass is 10.2. The Kier molecular flexibility index (Phi) is 5.04. The van der Waals surface area contributed by atoms with Crippen molar-refractivity contribution in [2.75, 3.05) is 18.9 Å². The number of nitrogens with two attached hydrogens (primary N) is 1. The molecule has 7 heteroatoms. The maximum absolute atomic E-state index is 11.9. The molecule has 1 aromatic rings. The lowest BCUT2D eigenvalue weighted by Gasteiger charge is -2.22. The highest BCUT2D eigenvalue weighted by Gasteiger charge is 2.17. The zero-order chi connectivity index (χ0) is 14.6. The molecule has 106 valence electrons. The first-order chi connectivity index (χ1) is 8.75. The van der Waals surface area contributed by atoms with Crippen LogP contribution < -0.4 is 10.5 Å². The first-order valence-electron chi connectivity index (χ1n) is 5.89. The molecule has 0 aromatic heterocycles. The number of nitrogens with one attached hydrogen (secondary N) is 1. The van der Waals surface area contributed by atoms with Gasteiger partial charge in [0.2, 0.25) is 15.9 Å². The number of hydrogen-bond donors (Lipinski definition) is 2. The van der Waals surface area contributed by atoms with E-state index in [1.807, 2.05) is 18.9 Å². The van der Waals surface area contributed by atoms with Gasteiger partial charge in [-0.3, -0.25) is 9.69 Å². The van der Waals surface area contributed by atoms with Crippen LogP contribution in [0.3, 0.4) is 0 Å². The van der Waals surface area contributed by atoms with Crippen LogP contribution in [0.1, 0.15) is 13.8 Å². The summed E-state index contributed by atoms with van der Waals surface area (Å²) in [4.78, 5) is 13.8. The Morgan fingerprint density at radius 3 is 2.63 bits per heavy atom. The van der Waals surface area contributed by atoms with Crippen molar-refractivity contribution in [3.05, 3.63) is 24.3 Å². The predicted octanol–water partition coefficient (Wildman–Crippen LogP) is 0.613. The highest BCUT2D eigenvalue weighted by molar-refractivity contribution is 7.89. The van der Waals surface area contributed by atoms with E-state index in [0.29, 0.717) is 5.69 Å². The molecule has 0 saturated heterocycles. The van der Waals surface area contributed by atoms with Crippen molar-refractivity contribution in [2.24, 2.45) is 5.14 Å². The lowest BCUT2D eigenvalue weighted by molar-refractivity contribution is -0.120. The summed E-state index contributed by atoms with van der Waals surface area (Å²) in [5.74, 6) is -0.198. The molecule has 0 aliphatic rings. The Bertz CT molecular complexity index is 557. The van der Waals surface area contributed by atoms with Crippen molar-refractivity contribution < 1.29 is 13.2 Å². The third-order valence-electron chi connectivity index (χ3n) is 2.97. The fourth-order valence-corrected chi connectivity index (χ4v) is 2.03. The molecule has 1 amide bonds. The summed E-state index contributed by atoms with van der Waals surface area (Å²) in [5.41, 5.74) is 0.410. The molecule has 0 heterocycles. The van der Waals surface area contributed by atoms with Gasteiger partial charge in [0.25, 0.3) is 0 Å². The van der Waals surface area contributed by atoms with Gasteiger partial charge >= 0.3 is 0 Å². The molecule has 0 spiro atoms. The van der Waals surface area contributed by atoms with Gasteiger partial charge in [-0.2, -0.15) is 0 Å². The molecule has 0 radical (unpaired) electrons. The van der Waals surface area contributed by atoms with Crippen molar-refractivity contribution in [1.29, 1.82) is 0 Å². The zero-order valence-electron chi connectivity index (χ0n) is 11.3. The molecule has 6 nitrogen and oxygen atoms in total. The molecule has 0 unspecified atom stereocenters. The van der Waals surface area contributed by atoms with E-state index < -0.39 is 10.0 Å². The summed E-state index contributed by atoms with van der Waals surface area (Å²) in [6, 6.07) is 5.57. The van der Waals surface area contributed by atoms with Crippen LogP contribution in [0.2, 0.25) is 0 Å². The molecule has 19 heavy (non-hydrogen) atoms. The number of primary sulfonamides is 1. The van der Waals surface area contributed by atoms with Gasteiger partial charge in [0, 0.05) is 5.69 Å². The summed E-state index contributed by atoms with van der Waals surface area (Å²) in [6.45, 7) is 4.47. The van der Waals surface area contributed by atoms with E-state index in [4.69, 9.17) is 5.14 Å². The minimum Gasteiger partial charge on any atom is -0.325 e. The molecular formula is C12H19N3O3S. The zero-order valence-corrected chi connectivity index (χ0v) is 12.1. The Labute approximate surface area is 113 Å². The van der Waals surface area contributed by atoms with Gasteiger partial charge in [-0.25, -0.2) is 13.6 Å². The normalized spacial score (nSPS) is 13.3. The molecule has 1 atom stereocenters. The van der Waals surface area contributed by atoms with Crippen molar-refractivity contribution >= 4 is 21.6 Å². The van der Waals surface area contributed by atoms with Gasteiger partial charge in [-0.05, 0) is 38.7 Å². The van der Waals surface area contributed by atoms with Crippen LogP contribution in [0, 0.1) is 0 Å². The fraction of sp³-hybridized carbons (Fsp3) is 0.417. The van der Waals surface area contributed by atoms with Gasteiger partial charge in [0.15, 0.2) is 0 Å². The van der Waals surface area contributed by atoms with Crippen molar-refractivity contribution in [2.45, 2.75) is 24.8 Å². The van der Waals surface area contributed by atoms with Crippen LogP contribution in [0.25, 0.3) is 0 Å². The number of carbonyl (C=O) groups excluding carboxylic acids is 1. The molecule has 0 bridgehead atoms. The van der Waals surface area contributed by atoms with E-state index >= 15 is 0 Å². The van der Waals surface area contributed by atoms with Gasteiger partial charge in [0.05, 0.1) is 10.9 Å². The van der Waals surface area contributed by atoms with Crippen LogP contribution in [0.15, 0.2) is 29.2 Å². The second-order valence-electron chi connectivity index (χ2n) is 4.31. The Morgan fingerprint density at radius 1 is 1.47 bits per heavy atom. The van der Waals surface area contributed by atoms with E-state index in [9.17, 15) is 13.2 Å². The lowest BCUT2D eigenvalue weighted by Crippen LogP contribution is -2.39. The number of nitrogens with zero attached hydrogens (tertiary/aromatic N) is 1. The second-order valence-corrected chi connectivity index (χ2v) is 5.87. The Balaban J connectivity index is 2.86. The van der Waals surface area contributed by atoms with Crippen LogP contribution in [0.5, 0.6) is 0 Å². The van der Waals surface area contributed by atoms with E-state index in [1.54, 1.807) is 13.0 Å². The smallest absolute Gasteiger partial charge is 0.241 e. The number of carbonyl (C=O) groups is 1. The number of likely N-dealkylation sites (N-methyl/N-ethyl adjacent to an activating group) is 1. The van der Waals surface area contributed by atoms with Crippen LogP contribution >= 0.6 is 0 Å². The largest absolute Gasteiger partial charge is 0.325 e. The third-order valence-corrected chi connectivity index (χ3v) is 3.88. The monoisotopic (exact) mass is 285 g/mol. The van der Waals surface area contributed by atoms with E-state index in [1.165, 1.54) is 18.2 Å². The fourth-order valence-electron chi connectivity index (χ4n) is 1.47. The molecule has 1 rings (SSSR count). The summed E-state index contributed by atoms with van der Waals surface area (Å²) in [7, 11) is -1.93. The maximum atomic E-state index is 11.9. The molecule has 0 aliphatic heterocycles. The van der Waals surface area contributed by atoms with Crippen LogP contribution in [0.4, 0.5) is 5.69 Å². The molecule has 0 saturated carbocycles. The molecule has 3 N–H and O–H groups in total. The van der Waals surface area contributed by atoms with Gasteiger partial charge in [0.1, 0.15) is 0 Å². The maximum Gasteiger partial charge on any atom is 0.241 e. The second kappa shape index (κ2) is 6.14. The van der Waals surface area contributed by atoms with E-state index in [0.717, 1.165) is 6.54 Å². The van der Waals surface area contributed by atoms with Gasteiger partial charge in [-0.1, -0.05) is 13.0 Å². The van der Waals surface area contributed by atoms with Crippen molar-refractivity contribution in [1.82, 2.24) is 4.90 Å². The molecule has 1 aromatic carbocycles. The number of amides is 1. The topological polar surface area (TPSA) is 92.5 Å². The average molecular weight is 285 g/mol. The first kappa shape index (κ1) is 15.6. The average Bonchev–Trinajstić information content (AvgIpc) is 2.36. The number of anilines is 1. The standard InChI is InChI=1S/C12H19N3O3S/c1-4-15(3)9(2)12(16)14-10-6-5-7-11(8-10)19(13,17)18/h5-9H,4H2,1-3H3,(H,14,16)(H2,13,17,18)/t9-/m0/s1. The highest BCUT2D eigenvalue weighted by Crippen LogP contribution is 2.14. The number of benzene rings is 1. The quantitative estimate of drug-likeness (QED) is 0.829. The highest BCUT2D eigenvalue weighted by atomic mass is 32.2. The first-order valence-corrected chi connectivity index (χ1v) is 7.44. The van der Waals surface area contributed by atoms with Crippen LogP contribution in [-0.2, 0) is 14.8 Å². The summed E-state index contributed by atoms with van der Waals surface area (Å²) in [6.07, 6.45) is 0.